The van der Waals surface area contributed by atoms with Crippen LogP contribution in [-0.2, 0) is 6.54 Å². The second-order valence-electron chi connectivity index (χ2n) is 4.27. The van der Waals surface area contributed by atoms with Gasteiger partial charge in [0.2, 0.25) is 0 Å². The molecule has 7 heteroatoms. The lowest BCUT2D eigenvalue weighted by Crippen LogP contribution is -2.23. The lowest BCUT2D eigenvalue weighted by Gasteiger charge is -2.04. The van der Waals surface area contributed by atoms with Crippen molar-refractivity contribution in [2.24, 2.45) is 5.73 Å². The topological polar surface area (TPSA) is 60.9 Å². The molecular weight excluding hydrogens is 310 g/mol. The summed E-state index contributed by atoms with van der Waals surface area (Å²) in [4.78, 5) is 19.2. The Morgan fingerprint density at radius 1 is 1.45 bits per heavy atom. The molecule has 0 aliphatic carbocycles. The van der Waals surface area contributed by atoms with Crippen molar-refractivity contribution in [3.8, 4) is 10.4 Å². The molecule has 3 aromatic rings. The minimum absolute atomic E-state index is 0.0316. The van der Waals surface area contributed by atoms with Crippen molar-refractivity contribution in [1.82, 2.24) is 9.55 Å². The van der Waals surface area contributed by atoms with Gasteiger partial charge in [0, 0.05) is 28.8 Å². The third kappa shape index (κ3) is 2.39. The van der Waals surface area contributed by atoms with Crippen LogP contribution < -0.4 is 11.3 Å². The summed E-state index contributed by atoms with van der Waals surface area (Å²) in [7, 11) is 0. The highest BCUT2D eigenvalue weighted by Crippen LogP contribution is 2.33. The number of nitrogens with zero attached hydrogens (tertiary/aromatic N) is 2. The van der Waals surface area contributed by atoms with Crippen LogP contribution in [0.1, 0.15) is 6.42 Å². The van der Waals surface area contributed by atoms with Crippen molar-refractivity contribution in [1.29, 1.82) is 0 Å². The normalized spacial score (nSPS) is 11.0. The van der Waals surface area contributed by atoms with E-state index in [1.807, 2.05) is 22.9 Å². The maximum Gasteiger partial charge on any atom is 0.262 e. The fourth-order valence-corrected chi connectivity index (χ4v) is 3.78. The first-order chi connectivity index (χ1) is 9.66. The average Bonchev–Trinajstić information content (AvgIpc) is 3.06. The van der Waals surface area contributed by atoms with E-state index in [-0.39, 0.29) is 5.56 Å². The lowest BCUT2D eigenvalue weighted by atomic mass is 10.2. The van der Waals surface area contributed by atoms with Gasteiger partial charge in [-0.05, 0) is 11.4 Å². The van der Waals surface area contributed by atoms with Gasteiger partial charge < -0.3 is 5.73 Å². The van der Waals surface area contributed by atoms with Crippen LogP contribution >= 0.6 is 34.9 Å². The molecule has 3 aromatic heterocycles. The third-order valence-corrected chi connectivity index (χ3v) is 4.94. The van der Waals surface area contributed by atoms with Crippen molar-refractivity contribution in [3.63, 3.8) is 0 Å². The van der Waals surface area contributed by atoms with Gasteiger partial charge in [0.05, 0.1) is 16.7 Å². The number of thiocarbonyl (C=S) groups is 1. The van der Waals surface area contributed by atoms with Crippen LogP contribution in [0.4, 0.5) is 0 Å². The van der Waals surface area contributed by atoms with E-state index in [1.165, 1.54) is 11.3 Å². The van der Waals surface area contributed by atoms with Crippen LogP contribution in [0, 0.1) is 0 Å². The molecule has 0 fully saturated rings. The molecule has 0 saturated carbocycles. The van der Waals surface area contributed by atoms with Crippen LogP contribution in [0.5, 0.6) is 0 Å². The predicted octanol–water partition coefficient (Wildman–Crippen LogP) is 2.86. The molecule has 0 radical (unpaired) electrons. The highest BCUT2D eigenvalue weighted by atomic mass is 32.1. The largest absolute Gasteiger partial charge is 0.393 e. The number of thiophene rings is 2. The molecule has 0 unspecified atom stereocenters. The van der Waals surface area contributed by atoms with Crippen LogP contribution in [0.2, 0.25) is 0 Å². The van der Waals surface area contributed by atoms with Crippen LogP contribution in [0.3, 0.4) is 0 Å². The Kier molecular flexibility index (Phi) is 3.64. The second kappa shape index (κ2) is 5.43. The quantitative estimate of drug-likeness (QED) is 0.751. The standard InChI is InChI=1S/C13H11N3OS3/c14-10(18)3-4-16-7-15-12-11(13(16)17)8(6-20-12)9-2-1-5-19-9/h1-2,5-7H,3-4H2,(H2,14,18). The van der Waals surface area contributed by atoms with Gasteiger partial charge in [-0.2, -0.15) is 0 Å². The Bertz CT molecular complexity index is 817. The minimum Gasteiger partial charge on any atom is -0.393 e. The zero-order chi connectivity index (χ0) is 14.1. The molecule has 3 rings (SSSR count). The Labute approximate surface area is 128 Å². The Morgan fingerprint density at radius 2 is 2.30 bits per heavy atom. The fraction of sp³-hybridized carbons (Fsp3) is 0.154. The van der Waals surface area contributed by atoms with E-state index in [2.05, 4.69) is 4.98 Å². The first-order valence-electron chi connectivity index (χ1n) is 5.95. The van der Waals surface area contributed by atoms with E-state index < -0.39 is 0 Å². The van der Waals surface area contributed by atoms with Gasteiger partial charge in [0.25, 0.3) is 5.56 Å². The molecular formula is C13H11N3OS3. The van der Waals surface area contributed by atoms with E-state index in [9.17, 15) is 4.79 Å². The van der Waals surface area contributed by atoms with Crippen LogP contribution in [-0.4, -0.2) is 14.5 Å². The van der Waals surface area contributed by atoms with Gasteiger partial charge in [-0.25, -0.2) is 4.98 Å². The van der Waals surface area contributed by atoms with E-state index >= 15 is 0 Å². The van der Waals surface area contributed by atoms with Crippen molar-refractivity contribution in [3.05, 3.63) is 39.6 Å². The van der Waals surface area contributed by atoms with Gasteiger partial charge in [-0.15, -0.1) is 22.7 Å². The molecule has 102 valence electrons. The highest BCUT2D eigenvalue weighted by molar-refractivity contribution is 7.80. The second-order valence-corrected chi connectivity index (χ2v) is 6.60. The first-order valence-corrected chi connectivity index (χ1v) is 8.12. The monoisotopic (exact) mass is 321 g/mol. The summed E-state index contributed by atoms with van der Waals surface area (Å²) in [6.07, 6.45) is 2.07. The summed E-state index contributed by atoms with van der Waals surface area (Å²) in [6, 6.07) is 3.99. The number of aromatic nitrogens is 2. The molecule has 3 heterocycles. The summed E-state index contributed by atoms with van der Waals surface area (Å²) >= 11 is 7.96. The van der Waals surface area contributed by atoms with Crippen LogP contribution in [0.25, 0.3) is 20.7 Å². The van der Waals surface area contributed by atoms with Crippen molar-refractivity contribution < 1.29 is 0 Å². The number of hydrogen-bond acceptors (Lipinski definition) is 5. The summed E-state index contributed by atoms with van der Waals surface area (Å²) in [5, 5.41) is 4.67. The van der Waals surface area contributed by atoms with E-state index in [0.29, 0.717) is 23.3 Å². The van der Waals surface area contributed by atoms with E-state index in [0.717, 1.165) is 15.3 Å². The molecule has 0 aromatic carbocycles. The minimum atomic E-state index is -0.0316. The molecule has 4 nitrogen and oxygen atoms in total. The summed E-state index contributed by atoms with van der Waals surface area (Å²) in [5.41, 5.74) is 6.42. The van der Waals surface area contributed by atoms with Gasteiger partial charge in [0.1, 0.15) is 4.83 Å². The number of nitrogens with two attached hydrogens (primary N) is 1. The highest BCUT2D eigenvalue weighted by Gasteiger charge is 2.13. The predicted molar refractivity (Wildman–Crippen MR) is 88.6 cm³/mol. The molecule has 0 aliphatic rings. The van der Waals surface area contributed by atoms with E-state index in [4.69, 9.17) is 18.0 Å². The van der Waals surface area contributed by atoms with Crippen molar-refractivity contribution in [2.75, 3.05) is 0 Å². The fourth-order valence-electron chi connectivity index (χ4n) is 1.97. The maximum absolute atomic E-state index is 12.6. The average molecular weight is 321 g/mol. The maximum atomic E-state index is 12.6. The molecule has 0 bridgehead atoms. The molecule has 2 N–H and O–H groups in total. The Balaban J connectivity index is 2.13. The molecule has 0 amide bonds. The smallest absolute Gasteiger partial charge is 0.262 e. The molecule has 0 aliphatic heterocycles. The summed E-state index contributed by atoms with van der Waals surface area (Å²) in [5.74, 6) is 0. The number of rotatable bonds is 4. The Hall–Kier alpha value is -1.57. The number of hydrogen-bond donors (Lipinski definition) is 1. The Morgan fingerprint density at radius 3 is 3.00 bits per heavy atom. The van der Waals surface area contributed by atoms with Crippen molar-refractivity contribution in [2.45, 2.75) is 13.0 Å². The third-order valence-electron chi connectivity index (χ3n) is 2.95. The summed E-state index contributed by atoms with van der Waals surface area (Å²) in [6.45, 7) is 0.469. The number of aryl methyl sites for hydroxylation is 1. The van der Waals surface area contributed by atoms with Gasteiger partial charge in [-0.1, -0.05) is 18.3 Å². The molecule has 0 saturated heterocycles. The number of fused-ring (bicyclic) bond motifs is 1. The first kappa shape index (κ1) is 13.4. The SMILES string of the molecule is NC(=S)CCn1cnc2scc(-c3cccs3)c2c1=O. The van der Waals surface area contributed by atoms with Crippen molar-refractivity contribution >= 4 is 50.1 Å². The lowest BCUT2D eigenvalue weighted by molar-refractivity contribution is 0.688. The molecule has 0 spiro atoms. The van der Waals surface area contributed by atoms with Crippen LogP contribution in [0.15, 0.2) is 34.0 Å². The van der Waals surface area contributed by atoms with Gasteiger partial charge in [-0.3, -0.25) is 9.36 Å². The molecule has 0 atom stereocenters. The molecule has 20 heavy (non-hydrogen) atoms. The van der Waals surface area contributed by atoms with E-state index in [1.54, 1.807) is 22.2 Å². The zero-order valence-corrected chi connectivity index (χ0v) is 12.9. The van der Waals surface area contributed by atoms with Gasteiger partial charge >= 0.3 is 0 Å². The zero-order valence-electron chi connectivity index (χ0n) is 10.4. The summed E-state index contributed by atoms with van der Waals surface area (Å²) < 4.78 is 1.57. The van der Waals surface area contributed by atoms with Gasteiger partial charge in [0.15, 0.2) is 0 Å².